The Kier molecular flexibility index (Phi) is 7.80. The molecule has 1 fully saturated rings. The molecule has 2 heterocycles. The minimum atomic E-state index is -3.70. The summed E-state index contributed by atoms with van der Waals surface area (Å²) in [5.74, 6) is -0.188. The number of carbonyl (C=O) groups excluding carboxylic acids is 1. The second-order valence-electron chi connectivity index (χ2n) is 7.36. The Morgan fingerprint density at radius 1 is 1.16 bits per heavy atom. The highest BCUT2D eigenvalue weighted by molar-refractivity contribution is 7.89. The van der Waals surface area contributed by atoms with Crippen LogP contribution in [0.15, 0.2) is 35.2 Å². The van der Waals surface area contributed by atoms with Gasteiger partial charge in [-0.05, 0) is 31.6 Å². The lowest BCUT2D eigenvalue weighted by atomic mass is 10.2. The first-order chi connectivity index (χ1) is 14.8. The van der Waals surface area contributed by atoms with Gasteiger partial charge in [0.25, 0.3) is 0 Å². The summed E-state index contributed by atoms with van der Waals surface area (Å²) in [6, 6.07) is 6.37. The van der Waals surface area contributed by atoms with Crippen LogP contribution in [0.25, 0.3) is 6.08 Å². The van der Waals surface area contributed by atoms with E-state index in [1.54, 1.807) is 33.9 Å². The Balaban J connectivity index is 1.63. The molecule has 2 aromatic rings. The van der Waals surface area contributed by atoms with Gasteiger partial charge >= 0.3 is 0 Å². The van der Waals surface area contributed by atoms with Crippen LogP contribution < -0.4 is 0 Å². The molecule has 0 bridgehead atoms. The van der Waals surface area contributed by atoms with Gasteiger partial charge < -0.3 is 4.90 Å². The van der Waals surface area contributed by atoms with E-state index in [0.29, 0.717) is 18.2 Å². The van der Waals surface area contributed by atoms with Crippen molar-refractivity contribution in [2.75, 3.05) is 26.2 Å². The monoisotopic (exact) mass is 484 g/mol. The van der Waals surface area contributed by atoms with Crippen molar-refractivity contribution in [2.45, 2.75) is 38.1 Å². The van der Waals surface area contributed by atoms with E-state index in [0.717, 1.165) is 30.6 Å². The molecule has 31 heavy (non-hydrogen) atoms. The van der Waals surface area contributed by atoms with Crippen LogP contribution in [-0.2, 0) is 21.4 Å². The van der Waals surface area contributed by atoms with Crippen molar-refractivity contribution in [1.82, 2.24) is 19.0 Å². The molecule has 7 nitrogen and oxygen atoms in total. The topological polar surface area (TPSA) is 75.5 Å². The number of sulfonamides is 1. The second kappa shape index (κ2) is 10.2. The van der Waals surface area contributed by atoms with Gasteiger partial charge in [-0.2, -0.15) is 9.40 Å². The Morgan fingerprint density at radius 2 is 1.84 bits per heavy atom. The van der Waals surface area contributed by atoms with Gasteiger partial charge in [-0.1, -0.05) is 48.7 Å². The fourth-order valence-electron chi connectivity index (χ4n) is 3.41. The smallest absolute Gasteiger partial charge is 0.246 e. The number of nitrogens with zero attached hydrogens (tertiary/aromatic N) is 4. The number of piperazine rings is 1. The van der Waals surface area contributed by atoms with Crippen LogP contribution in [0.4, 0.5) is 0 Å². The Hall–Kier alpha value is -1.87. The number of carbonyl (C=O) groups is 1. The largest absolute Gasteiger partial charge is 0.337 e. The van der Waals surface area contributed by atoms with E-state index >= 15 is 0 Å². The van der Waals surface area contributed by atoms with E-state index in [9.17, 15) is 13.2 Å². The molecule has 1 aliphatic heterocycles. The Bertz CT molecular complexity index is 1070. The van der Waals surface area contributed by atoms with E-state index in [1.807, 2.05) is 6.92 Å². The number of rotatable bonds is 7. The van der Waals surface area contributed by atoms with Crippen molar-refractivity contribution >= 4 is 45.2 Å². The van der Waals surface area contributed by atoms with Gasteiger partial charge in [-0.3, -0.25) is 9.48 Å². The maximum atomic E-state index is 12.8. The number of benzene rings is 1. The summed E-state index contributed by atoms with van der Waals surface area (Å²) in [5.41, 5.74) is 1.49. The number of hydrogen-bond acceptors (Lipinski definition) is 4. The van der Waals surface area contributed by atoms with E-state index < -0.39 is 10.0 Å². The summed E-state index contributed by atoms with van der Waals surface area (Å²) in [4.78, 5) is 14.3. The van der Waals surface area contributed by atoms with Crippen molar-refractivity contribution in [1.29, 1.82) is 0 Å². The average molecular weight is 485 g/mol. The standard InChI is InChI=1S/C21H26Cl2N4O3S/c1-3-4-11-27-21(23)17(16(2)24-27)9-10-20(28)25-12-14-26(15-13-25)31(29,30)19-8-6-5-7-18(19)22/h5-10H,3-4,11-15H2,1-2H3/b10-9+. The maximum Gasteiger partial charge on any atom is 0.246 e. The van der Waals surface area contributed by atoms with Gasteiger partial charge in [0.15, 0.2) is 0 Å². The first-order valence-electron chi connectivity index (χ1n) is 10.2. The third kappa shape index (κ3) is 5.31. The quantitative estimate of drug-likeness (QED) is 0.559. The molecular formula is C21H26Cl2N4O3S. The zero-order valence-corrected chi connectivity index (χ0v) is 19.9. The highest BCUT2D eigenvalue weighted by atomic mass is 35.5. The summed E-state index contributed by atoms with van der Waals surface area (Å²) in [5, 5.41) is 5.14. The lowest BCUT2D eigenvalue weighted by molar-refractivity contribution is -0.127. The van der Waals surface area contributed by atoms with Gasteiger partial charge in [-0.15, -0.1) is 0 Å². The number of amides is 1. The van der Waals surface area contributed by atoms with E-state index in [2.05, 4.69) is 12.0 Å². The van der Waals surface area contributed by atoms with Gasteiger partial charge in [0.2, 0.25) is 15.9 Å². The van der Waals surface area contributed by atoms with Gasteiger partial charge in [-0.25, -0.2) is 8.42 Å². The van der Waals surface area contributed by atoms with Crippen molar-refractivity contribution in [3.63, 3.8) is 0 Å². The van der Waals surface area contributed by atoms with Crippen LogP contribution in [0.3, 0.4) is 0 Å². The average Bonchev–Trinajstić information content (AvgIpc) is 3.03. The van der Waals surface area contributed by atoms with Crippen LogP contribution in [0.1, 0.15) is 31.0 Å². The van der Waals surface area contributed by atoms with Crippen molar-refractivity contribution in [3.8, 4) is 0 Å². The van der Waals surface area contributed by atoms with Gasteiger partial charge in [0.1, 0.15) is 10.0 Å². The molecule has 1 aliphatic rings. The third-order valence-electron chi connectivity index (χ3n) is 5.23. The van der Waals surface area contributed by atoms with Crippen LogP contribution in [-0.4, -0.2) is 59.5 Å². The minimum absolute atomic E-state index is 0.0848. The van der Waals surface area contributed by atoms with Crippen molar-refractivity contribution in [2.24, 2.45) is 0 Å². The van der Waals surface area contributed by atoms with Crippen molar-refractivity contribution < 1.29 is 13.2 Å². The zero-order chi connectivity index (χ0) is 22.6. The van der Waals surface area contributed by atoms with Crippen LogP contribution >= 0.6 is 23.2 Å². The second-order valence-corrected chi connectivity index (χ2v) is 10.0. The summed E-state index contributed by atoms with van der Waals surface area (Å²) in [6.45, 7) is 5.72. The highest BCUT2D eigenvalue weighted by Crippen LogP contribution is 2.25. The molecule has 0 N–H and O–H groups in total. The fraction of sp³-hybridized carbons (Fsp3) is 0.429. The number of aryl methyl sites for hydroxylation is 2. The predicted octanol–water partition coefficient (Wildman–Crippen LogP) is 3.84. The van der Waals surface area contributed by atoms with Crippen LogP contribution in [0, 0.1) is 6.92 Å². The number of hydrogen-bond donors (Lipinski definition) is 0. The third-order valence-corrected chi connectivity index (χ3v) is 8.03. The first-order valence-corrected chi connectivity index (χ1v) is 12.4. The molecule has 0 unspecified atom stereocenters. The lowest BCUT2D eigenvalue weighted by Gasteiger charge is -2.33. The molecule has 0 spiro atoms. The Morgan fingerprint density at radius 3 is 2.48 bits per heavy atom. The minimum Gasteiger partial charge on any atom is -0.337 e. The molecule has 0 aliphatic carbocycles. The SMILES string of the molecule is CCCCn1nc(C)c(/C=C/C(=O)N2CCN(S(=O)(=O)c3ccccc3Cl)CC2)c1Cl. The highest BCUT2D eigenvalue weighted by Gasteiger charge is 2.30. The molecule has 3 rings (SSSR count). The molecule has 0 atom stereocenters. The number of unbranched alkanes of at least 4 members (excludes halogenated alkanes) is 1. The normalized spacial score (nSPS) is 15.7. The zero-order valence-electron chi connectivity index (χ0n) is 17.6. The molecule has 1 amide bonds. The molecule has 168 valence electrons. The first kappa shape index (κ1) is 23.8. The molecule has 0 radical (unpaired) electrons. The van der Waals surface area contributed by atoms with Gasteiger partial charge in [0.05, 0.1) is 10.7 Å². The number of halogens is 2. The summed E-state index contributed by atoms with van der Waals surface area (Å²) < 4.78 is 28.8. The molecule has 1 aromatic heterocycles. The lowest BCUT2D eigenvalue weighted by Crippen LogP contribution is -2.50. The molecule has 0 saturated carbocycles. The van der Waals surface area contributed by atoms with E-state index in [-0.39, 0.29) is 28.9 Å². The molecular weight excluding hydrogens is 459 g/mol. The van der Waals surface area contributed by atoms with E-state index in [1.165, 1.54) is 16.4 Å². The summed E-state index contributed by atoms with van der Waals surface area (Å²) in [7, 11) is -3.70. The summed E-state index contributed by atoms with van der Waals surface area (Å²) in [6.07, 6.45) is 5.17. The summed E-state index contributed by atoms with van der Waals surface area (Å²) >= 11 is 12.5. The van der Waals surface area contributed by atoms with E-state index in [4.69, 9.17) is 23.2 Å². The molecule has 1 saturated heterocycles. The van der Waals surface area contributed by atoms with Crippen molar-refractivity contribution in [3.05, 3.63) is 51.8 Å². The fourth-order valence-corrected chi connectivity index (χ4v) is 5.65. The van der Waals surface area contributed by atoms with Crippen LogP contribution in [0.2, 0.25) is 10.2 Å². The van der Waals surface area contributed by atoms with Crippen LogP contribution in [0.5, 0.6) is 0 Å². The van der Waals surface area contributed by atoms with Gasteiger partial charge in [0, 0.05) is 44.4 Å². The predicted molar refractivity (Wildman–Crippen MR) is 123 cm³/mol. The maximum absolute atomic E-state index is 12.8. The molecule has 10 heteroatoms. The number of aromatic nitrogens is 2. The Labute approximate surface area is 193 Å². The molecule has 1 aromatic carbocycles.